The van der Waals surface area contributed by atoms with Gasteiger partial charge in [0.25, 0.3) is 0 Å². The molecule has 0 bridgehead atoms. The first-order valence-corrected chi connectivity index (χ1v) is 6.04. The van der Waals surface area contributed by atoms with E-state index >= 15 is 0 Å². The Morgan fingerprint density at radius 3 is 2.58 bits per heavy atom. The summed E-state index contributed by atoms with van der Waals surface area (Å²) in [6.45, 7) is 5.52. The van der Waals surface area contributed by atoms with E-state index in [9.17, 15) is 9.59 Å². The Balaban J connectivity index is 2.87. The summed E-state index contributed by atoms with van der Waals surface area (Å²) in [5.41, 5.74) is 0.207. The van der Waals surface area contributed by atoms with Crippen LogP contribution in [0.2, 0.25) is 0 Å². The minimum absolute atomic E-state index is 0.326. The van der Waals surface area contributed by atoms with Gasteiger partial charge in [0.1, 0.15) is 5.54 Å². The van der Waals surface area contributed by atoms with Crippen LogP contribution in [0.25, 0.3) is 0 Å². The molecule has 0 spiro atoms. The van der Waals surface area contributed by atoms with Crippen molar-refractivity contribution in [3.8, 4) is 0 Å². The van der Waals surface area contributed by atoms with Gasteiger partial charge in [-0.1, -0.05) is 6.07 Å². The maximum absolute atomic E-state index is 11.8. The van der Waals surface area contributed by atoms with E-state index in [1.807, 2.05) is 0 Å². The van der Waals surface area contributed by atoms with Gasteiger partial charge in [-0.2, -0.15) is 0 Å². The Morgan fingerprint density at radius 2 is 2.00 bits per heavy atom. The Bertz CT molecular complexity index is 468. The molecule has 0 radical (unpaired) electrons. The molecule has 0 heterocycles. The molecule has 0 aliphatic heterocycles. The van der Waals surface area contributed by atoms with Crippen molar-refractivity contribution in [2.45, 2.75) is 26.3 Å². The van der Waals surface area contributed by atoms with Crippen molar-refractivity contribution in [1.29, 1.82) is 0 Å². The summed E-state index contributed by atoms with van der Waals surface area (Å²) in [6, 6.07) is 6.77. The average Bonchev–Trinajstić information content (AvgIpc) is 2.38. The molecular formula is C14H19NO4. The van der Waals surface area contributed by atoms with Crippen molar-refractivity contribution in [3.05, 3.63) is 29.8 Å². The number of esters is 2. The second-order valence-electron chi connectivity index (χ2n) is 4.54. The SMILES string of the molecule is CCOC(=O)C(C)(C)Nc1cccc(C(=O)OC)c1. The maximum Gasteiger partial charge on any atom is 0.337 e. The lowest BCUT2D eigenvalue weighted by molar-refractivity contribution is -0.147. The van der Waals surface area contributed by atoms with Crippen molar-refractivity contribution in [2.75, 3.05) is 19.0 Å². The topological polar surface area (TPSA) is 64.6 Å². The highest BCUT2D eigenvalue weighted by Gasteiger charge is 2.29. The molecule has 5 heteroatoms. The predicted octanol–water partition coefficient (Wildman–Crippen LogP) is 2.23. The largest absolute Gasteiger partial charge is 0.465 e. The van der Waals surface area contributed by atoms with Gasteiger partial charge < -0.3 is 14.8 Å². The molecule has 1 aromatic carbocycles. The van der Waals surface area contributed by atoms with Crippen molar-refractivity contribution >= 4 is 17.6 Å². The molecule has 5 nitrogen and oxygen atoms in total. The molecule has 104 valence electrons. The molecule has 0 unspecified atom stereocenters. The minimum atomic E-state index is -0.870. The summed E-state index contributed by atoms with van der Waals surface area (Å²) >= 11 is 0. The number of ether oxygens (including phenoxy) is 2. The zero-order chi connectivity index (χ0) is 14.5. The van der Waals surface area contributed by atoms with Gasteiger partial charge in [0.15, 0.2) is 0 Å². The van der Waals surface area contributed by atoms with Gasteiger partial charge in [0, 0.05) is 5.69 Å². The molecule has 1 rings (SSSR count). The van der Waals surface area contributed by atoms with Crippen LogP contribution in [0.4, 0.5) is 5.69 Å². The highest BCUT2D eigenvalue weighted by molar-refractivity contribution is 5.91. The highest BCUT2D eigenvalue weighted by Crippen LogP contribution is 2.18. The van der Waals surface area contributed by atoms with E-state index in [0.29, 0.717) is 17.9 Å². The summed E-state index contributed by atoms with van der Waals surface area (Å²) in [6.07, 6.45) is 0. The van der Waals surface area contributed by atoms with Crippen molar-refractivity contribution in [2.24, 2.45) is 0 Å². The smallest absolute Gasteiger partial charge is 0.337 e. The van der Waals surface area contributed by atoms with E-state index in [1.54, 1.807) is 45.0 Å². The van der Waals surface area contributed by atoms with Crippen LogP contribution in [0, 0.1) is 0 Å². The van der Waals surface area contributed by atoms with Crippen LogP contribution in [0.1, 0.15) is 31.1 Å². The van der Waals surface area contributed by atoms with Crippen molar-refractivity contribution in [3.63, 3.8) is 0 Å². The van der Waals surface area contributed by atoms with Crippen LogP contribution < -0.4 is 5.32 Å². The van der Waals surface area contributed by atoms with E-state index < -0.39 is 11.5 Å². The van der Waals surface area contributed by atoms with Gasteiger partial charge in [0.2, 0.25) is 0 Å². The Labute approximate surface area is 112 Å². The molecule has 0 aliphatic rings. The van der Waals surface area contributed by atoms with E-state index in [-0.39, 0.29) is 5.97 Å². The maximum atomic E-state index is 11.8. The standard InChI is InChI=1S/C14H19NO4/c1-5-19-13(17)14(2,3)15-11-8-6-7-10(9-11)12(16)18-4/h6-9,15H,5H2,1-4H3. The number of anilines is 1. The van der Waals surface area contributed by atoms with E-state index in [4.69, 9.17) is 4.74 Å². The molecule has 0 aromatic heterocycles. The monoisotopic (exact) mass is 265 g/mol. The molecule has 19 heavy (non-hydrogen) atoms. The normalized spacial score (nSPS) is 10.7. The Morgan fingerprint density at radius 1 is 1.32 bits per heavy atom. The second-order valence-corrected chi connectivity index (χ2v) is 4.54. The van der Waals surface area contributed by atoms with Crippen LogP contribution >= 0.6 is 0 Å². The third-order valence-electron chi connectivity index (χ3n) is 2.53. The van der Waals surface area contributed by atoms with Gasteiger partial charge in [-0.05, 0) is 39.0 Å². The number of benzene rings is 1. The summed E-state index contributed by atoms with van der Waals surface area (Å²) in [7, 11) is 1.32. The van der Waals surface area contributed by atoms with Crippen LogP contribution in [0.3, 0.4) is 0 Å². The van der Waals surface area contributed by atoms with Crippen molar-refractivity contribution in [1.82, 2.24) is 0 Å². The first-order chi connectivity index (χ1) is 8.90. The fraction of sp³-hybridized carbons (Fsp3) is 0.429. The summed E-state index contributed by atoms with van der Waals surface area (Å²) in [5, 5.41) is 3.04. The Kier molecular flexibility index (Phi) is 4.92. The number of hydrogen-bond donors (Lipinski definition) is 1. The first-order valence-electron chi connectivity index (χ1n) is 6.04. The van der Waals surface area contributed by atoms with Crippen LogP contribution in [-0.2, 0) is 14.3 Å². The van der Waals surface area contributed by atoms with Crippen molar-refractivity contribution < 1.29 is 19.1 Å². The molecular weight excluding hydrogens is 246 g/mol. The lowest BCUT2D eigenvalue weighted by Crippen LogP contribution is -2.41. The lowest BCUT2D eigenvalue weighted by atomic mass is 10.0. The van der Waals surface area contributed by atoms with E-state index in [0.717, 1.165) is 0 Å². The molecule has 1 N–H and O–H groups in total. The number of carbonyl (C=O) groups is 2. The number of hydrogen-bond acceptors (Lipinski definition) is 5. The van der Waals surface area contributed by atoms with Gasteiger partial charge in [0.05, 0.1) is 19.3 Å². The number of nitrogens with one attached hydrogen (secondary N) is 1. The first kappa shape index (κ1) is 15.0. The van der Waals surface area contributed by atoms with Gasteiger partial charge in [-0.25, -0.2) is 9.59 Å². The molecule has 1 aromatic rings. The predicted molar refractivity (Wildman–Crippen MR) is 72.1 cm³/mol. The summed E-state index contributed by atoms with van der Waals surface area (Å²) in [5.74, 6) is -0.768. The van der Waals surface area contributed by atoms with Gasteiger partial charge in [-0.15, -0.1) is 0 Å². The van der Waals surface area contributed by atoms with Gasteiger partial charge in [-0.3, -0.25) is 0 Å². The summed E-state index contributed by atoms with van der Waals surface area (Å²) in [4.78, 5) is 23.2. The van der Waals surface area contributed by atoms with Gasteiger partial charge >= 0.3 is 11.9 Å². The van der Waals surface area contributed by atoms with Crippen LogP contribution in [-0.4, -0.2) is 31.2 Å². The lowest BCUT2D eigenvalue weighted by Gasteiger charge is -2.25. The fourth-order valence-electron chi connectivity index (χ4n) is 1.57. The third-order valence-corrected chi connectivity index (χ3v) is 2.53. The van der Waals surface area contributed by atoms with Crippen LogP contribution in [0.15, 0.2) is 24.3 Å². The zero-order valence-corrected chi connectivity index (χ0v) is 11.6. The minimum Gasteiger partial charge on any atom is -0.465 e. The molecule has 0 amide bonds. The van der Waals surface area contributed by atoms with E-state index in [2.05, 4.69) is 10.1 Å². The average molecular weight is 265 g/mol. The van der Waals surface area contributed by atoms with Crippen LogP contribution in [0.5, 0.6) is 0 Å². The number of carbonyl (C=O) groups excluding carboxylic acids is 2. The Hall–Kier alpha value is -2.04. The van der Waals surface area contributed by atoms with E-state index in [1.165, 1.54) is 7.11 Å². The quantitative estimate of drug-likeness (QED) is 0.827. The number of rotatable bonds is 5. The molecule has 0 saturated heterocycles. The summed E-state index contributed by atoms with van der Waals surface area (Å²) < 4.78 is 9.63. The highest BCUT2D eigenvalue weighted by atomic mass is 16.5. The molecule has 0 atom stereocenters. The fourth-order valence-corrected chi connectivity index (χ4v) is 1.57. The molecule has 0 fully saturated rings. The number of methoxy groups -OCH3 is 1. The molecule has 0 saturated carbocycles. The second kappa shape index (κ2) is 6.22. The third kappa shape index (κ3) is 3.98. The molecule has 0 aliphatic carbocycles. The zero-order valence-electron chi connectivity index (χ0n) is 11.6.